The van der Waals surface area contributed by atoms with Crippen molar-refractivity contribution in [3.05, 3.63) is 17.7 Å². The summed E-state index contributed by atoms with van der Waals surface area (Å²) in [6.07, 6.45) is 0.764. The standard InChI is InChI=1S/C12H18F2N4O/c1-3-8-6-19-7(2)5-18(8)12-10(14)4-9(13)11(16-12)17-15/h4,7-8H,3,5-6,15H2,1-2H3,(H,16,17). The Morgan fingerprint density at radius 1 is 1.53 bits per heavy atom. The zero-order valence-corrected chi connectivity index (χ0v) is 11.0. The van der Waals surface area contributed by atoms with Gasteiger partial charge in [0.25, 0.3) is 0 Å². The molecule has 1 fully saturated rings. The molecule has 2 rings (SSSR count). The van der Waals surface area contributed by atoms with Gasteiger partial charge >= 0.3 is 0 Å². The Labute approximate surface area is 110 Å². The largest absolute Gasteiger partial charge is 0.375 e. The summed E-state index contributed by atoms with van der Waals surface area (Å²) in [5.74, 6) is 3.62. The van der Waals surface area contributed by atoms with Gasteiger partial charge in [0.2, 0.25) is 0 Å². The number of anilines is 2. The molecular weight excluding hydrogens is 254 g/mol. The van der Waals surface area contributed by atoms with Gasteiger partial charge in [-0.15, -0.1) is 0 Å². The van der Waals surface area contributed by atoms with Crippen molar-refractivity contribution in [1.82, 2.24) is 4.98 Å². The summed E-state index contributed by atoms with van der Waals surface area (Å²) < 4.78 is 32.8. The molecule has 1 aliphatic rings. The van der Waals surface area contributed by atoms with E-state index in [0.29, 0.717) is 13.2 Å². The molecule has 0 radical (unpaired) electrons. The molecule has 1 saturated heterocycles. The fourth-order valence-corrected chi connectivity index (χ4v) is 2.20. The highest BCUT2D eigenvalue weighted by atomic mass is 19.1. The number of morpholine rings is 1. The van der Waals surface area contributed by atoms with Gasteiger partial charge in [-0.3, -0.25) is 0 Å². The molecule has 106 valence electrons. The normalized spacial score (nSPS) is 23.5. The van der Waals surface area contributed by atoms with E-state index >= 15 is 0 Å². The van der Waals surface area contributed by atoms with Crippen LogP contribution >= 0.6 is 0 Å². The summed E-state index contributed by atoms with van der Waals surface area (Å²) in [6.45, 7) is 4.91. The van der Waals surface area contributed by atoms with Gasteiger partial charge in [-0.25, -0.2) is 19.6 Å². The van der Waals surface area contributed by atoms with E-state index in [-0.39, 0.29) is 23.8 Å². The third-order valence-electron chi connectivity index (χ3n) is 3.26. The van der Waals surface area contributed by atoms with Crippen LogP contribution in [0.25, 0.3) is 0 Å². The number of halogens is 2. The first-order valence-corrected chi connectivity index (χ1v) is 6.27. The number of hydrazine groups is 1. The van der Waals surface area contributed by atoms with Crippen LogP contribution in [0.3, 0.4) is 0 Å². The molecule has 2 atom stereocenters. The van der Waals surface area contributed by atoms with Gasteiger partial charge in [0.05, 0.1) is 18.8 Å². The summed E-state index contributed by atoms with van der Waals surface area (Å²) in [5.41, 5.74) is 2.14. The van der Waals surface area contributed by atoms with Crippen molar-refractivity contribution < 1.29 is 13.5 Å². The number of hydrogen-bond donors (Lipinski definition) is 2. The molecule has 0 aromatic carbocycles. The highest BCUT2D eigenvalue weighted by Crippen LogP contribution is 2.27. The molecule has 0 bridgehead atoms. The van der Waals surface area contributed by atoms with Gasteiger partial charge in [0, 0.05) is 12.6 Å². The summed E-state index contributed by atoms with van der Waals surface area (Å²) in [7, 11) is 0. The van der Waals surface area contributed by atoms with Crippen molar-refractivity contribution in [3.63, 3.8) is 0 Å². The maximum Gasteiger partial charge on any atom is 0.178 e. The Balaban J connectivity index is 2.37. The lowest BCUT2D eigenvalue weighted by molar-refractivity contribution is 0.0293. The number of nitrogen functional groups attached to an aromatic ring is 1. The van der Waals surface area contributed by atoms with E-state index < -0.39 is 11.6 Å². The molecule has 0 spiro atoms. The van der Waals surface area contributed by atoms with E-state index in [1.165, 1.54) is 0 Å². The first-order chi connectivity index (χ1) is 9.06. The summed E-state index contributed by atoms with van der Waals surface area (Å²) in [5, 5.41) is 0. The predicted octanol–water partition coefficient (Wildman–Crippen LogP) is 1.65. The number of pyridine rings is 1. The minimum Gasteiger partial charge on any atom is -0.375 e. The molecule has 0 amide bonds. The van der Waals surface area contributed by atoms with Crippen molar-refractivity contribution in [3.8, 4) is 0 Å². The first kappa shape index (κ1) is 14.0. The Hall–Kier alpha value is -1.47. The monoisotopic (exact) mass is 272 g/mol. The van der Waals surface area contributed by atoms with E-state index in [1.54, 1.807) is 0 Å². The predicted molar refractivity (Wildman–Crippen MR) is 68.8 cm³/mol. The number of nitrogens with two attached hydrogens (primary N) is 1. The highest BCUT2D eigenvalue weighted by molar-refractivity contribution is 5.50. The quantitative estimate of drug-likeness (QED) is 0.647. The van der Waals surface area contributed by atoms with Gasteiger partial charge < -0.3 is 15.1 Å². The fraction of sp³-hybridized carbons (Fsp3) is 0.583. The third-order valence-corrected chi connectivity index (χ3v) is 3.26. The highest BCUT2D eigenvalue weighted by Gasteiger charge is 2.29. The van der Waals surface area contributed by atoms with Gasteiger partial charge in [0.15, 0.2) is 23.3 Å². The zero-order chi connectivity index (χ0) is 14.0. The third kappa shape index (κ3) is 2.76. The van der Waals surface area contributed by atoms with Crippen LogP contribution in [0.1, 0.15) is 20.3 Å². The summed E-state index contributed by atoms with van der Waals surface area (Å²) in [6, 6.07) is 0.818. The average molecular weight is 272 g/mol. The second kappa shape index (κ2) is 5.66. The van der Waals surface area contributed by atoms with Gasteiger partial charge in [-0.05, 0) is 13.3 Å². The number of nitrogens with one attached hydrogen (secondary N) is 1. The van der Waals surface area contributed by atoms with Crippen molar-refractivity contribution in [2.75, 3.05) is 23.5 Å². The van der Waals surface area contributed by atoms with Gasteiger partial charge in [0.1, 0.15) is 0 Å². The molecule has 0 aliphatic carbocycles. The first-order valence-electron chi connectivity index (χ1n) is 6.27. The van der Waals surface area contributed by atoms with Crippen molar-refractivity contribution in [2.24, 2.45) is 5.84 Å². The molecule has 3 N–H and O–H groups in total. The topological polar surface area (TPSA) is 63.4 Å². The van der Waals surface area contributed by atoms with Crippen LogP contribution in [0.2, 0.25) is 0 Å². The lowest BCUT2D eigenvalue weighted by Gasteiger charge is -2.39. The number of aromatic nitrogens is 1. The van der Waals surface area contributed by atoms with E-state index in [0.717, 1.165) is 12.5 Å². The Bertz CT molecular complexity index is 458. The van der Waals surface area contributed by atoms with Crippen LogP contribution < -0.4 is 16.2 Å². The molecule has 1 aliphatic heterocycles. The number of hydrogen-bond acceptors (Lipinski definition) is 5. The number of ether oxygens (including phenoxy) is 1. The van der Waals surface area contributed by atoms with E-state index in [4.69, 9.17) is 10.6 Å². The van der Waals surface area contributed by atoms with Crippen LogP contribution in [0.4, 0.5) is 20.4 Å². The Morgan fingerprint density at radius 3 is 2.89 bits per heavy atom. The molecule has 2 heterocycles. The molecule has 1 aromatic rings. The summed E-state index contributed by atoms with van der Waals surface area (Å²) in [4.78, 5) is 5.74. The lowest BCUT2D eigenvalue weighted by atomic mass is 10.1. The summed E-state index contributed by atoms with van der Waals surface area (Å²) >= 11 is 0. The molecule has 5 nitrogen and oxygen atoms in total. The Kier molecular flexibility index (Phi) is 4.16. The second-order valence-electron chi connectivity index (χ2n) is 4.63. The fourth-order valence-electron chi connectivity index (χ4n) is 2.20. The number of nitrogens with zero attached hydrogens (tertiary/aromatic N) is 2. The number of rotatable bonds is 3. The van der Waals surface area contributed by atoms with Gasteiger partial charge in [-0.1, -0.05) is 6.92 Å². The van der Waals surface area contributed by atoms with Crippen molar-refractivity contribution >= 4 is 11.6 Å². The van der Waals surface area contributed by atoms with E-state index in [9.17, 15) is 8.78 Å². The lowest BCUT2D eigenvalue weighted by Crippen LogP contribution is -2.49. The molecular formula is C12H18F2N4O. The maximum absolute atomic E-state index is 13.9. The molecule has 7 heteroatoms. The van der Waals surface area contributed by atoms with E-state index in [2.05, 4.69) is 10.4 Å². The maximum atomic E-state index is 13.9. The zero-order valence-electron chi connectivity index (χ0n) is 11.0. The average Bonchev–Trinajstić information content (AvgIpc) is 2.39. The van der Waals surface area contributed by atoms with Crippen LogP contribution in [-0.2, 0) is 4.74 Å². The Morgan fingerprint density at radius 2 is 2.26 bits per heavy atom. The van der Waals surface area contributed by atoms with Gasteiger partial charge in [-0.2, -0.15) is 0 Å². The second-order valence-corrected chi connectivity index (χ2v) is 4.63. The van der Waals surface area contributed by atoms with Crippen LogP contribution in [0.5, 0.6) is 0 Å². The van der Waals surface area contributed by atoms with Crippen molar-refractivity contribution in [2.45, 2.75) is 32.4 Å². The van der Waals surface area contributed by atoms with Crippen LogP contribution in [0, 0.1) is 11.6 Å². The van der Waals surface area contributed by atoms with E-state index in [1.807, 2.05) is 18.7 Å². The minimum atomic E-state index is -0.807. The SMILES string of the molecule is CCC1COC(C)CN1c1nc(NN)c(F)cc1F. The molecule has 19 heavy (non-hydrogen) atoms. The minimum absolute atomic E-state index is 0.0225. The molecule has 2 unspecified atom stereocenters. The molecule has 0 saturated carbocycles. The smallest absolute Gasteiger partial charge is 0.178 e. The van der Waals surface area contributed by atoms with Crippen molar-refractivity contribution in [1.29, 1.82) is 0 Å². The van der Waals surface area contributed by atoms with Crippen LogP contribution in [-0.4, -0.2) is 30.3 Å². The van der Waals surface area contributed by atoms with Crippen LogP contribution in [0.15, 0.2) is 6.07 Å². The molecule has 1 aromatic heterocycles.